The zero-order chi connectivity index (χ0) is 11.5. The van der Waals surface area contributed by atoms with Gasteiger partial charge in [0.05, 0.1) is 23.8 Å². The Morgan fingerprint density at radius 3 is 3.06 bits per heavy atom. The minimum Gasteiger partial charge on any atom is -0.287 e. The lowest BCUT2D eigenvalue weighted by molar-refractivity contribution is 0.782. The molecular weight excluding hydrogens is 268 g/mol. The summed E-state index contributed by atoms with van der Waals surface area (Å²) >= 11 is 3.34. The Hall–Kier alpha value is -1.60. The first-order valence-corrected chi connectivity index (χ1v) is 5.56. The lowest BCUT2D eigenvalue weighted by Crippen LogP contribution is -2.20. The fourth-order valence-corrected chi connectivity index (χ4v) is 1.77. The average molecular weight is 277 g/mol. The normalized spacial score (nSPS) is 9.88. The van der Waals surface area contributed by atoms with Gasteiger partial charge in [0.1, 0.15) is 0 Å². The second kappa shape index (κ2) is 4.50. The highest BCUT2D eigenvalue weighted by molar-refractivity contribution is 9.10. The van der Waals surface area contributed by atoms with Crippen molar-refractivity contribution >= 4 is 26.8 Å². The molecule has 0 amide bonds. The number of fused-ring (bicyclic) bond motifs is 1. The molecule has 0 aliphatic carbocycles. The Bertz CT molecular complexity index is 649. The monoisotopic (exact) mass is 276 g/mol. The molecule has 1 aromatic carbocycles. The molecule has 2 aromatic rings. The maximum atomic E-state index is 12.0. The quantitative estimate of drug-likeness (QED) is 0.749. The minimum absolute atomic E-state index is 0.0611. The van der Waals surface area contributed by atoms with Gasteiger partial charge in [-0.3, -0.25) is 9.36 Å². The highest BCUT2D eigenvalue weighted by Gasteiger charge is 2.03. The van der Waals surface area contributed by atoms with Crippen LogP contribution >= 0.6 is 15.9 Å². The number of rotatable bonds is 1. The van der Waals surface area contributed by atoms with E-state index >= 15 is 0 Å². The van der Waals surface area contributed by atoms with Gasteiger partial charge in [0.25, 0.3) is 5.56 Å². The van der Waals surface area contributed by atoms with Crippen molar-refractivity contribution in [2.24, 2.45) is 0 Å². The van der Waals surface area contributed by atoms with Gasteiger partial charge < -0.3 is 0 Å². The largest absolute Gasteiger partial charge is 0.287 e. The molecule has 0 unspecified atom stereocenters. The van der Waals surface area contributed by atoms with Gasteiger partial charge in [-0.1, -0.05) is 21.9 Å². The molecule has 0 saturated carbocycles. The molecular formula is C12H9BrN2O. The molecule has 0 spiro atoms. The van der Waals surface area contributed by atoms with E-state index in [0.29, 0.717) is 17.4 Å². The van der Waals surface area contributed by atoms with Gasteiger partial charge in [0.2, 0.25) is 0 Å². The Labute approximate surface area is 101 Å². The zero-order valence-electron chi connectivity index (χ0n) is 8.70. The minimum atomic E-state index is -0.0611. The van der Waals surface area contributed by atoms with Gasteiger partial charge in [0, 0.05) is 4.47 Å². The van der Waals surface area contributed by atoms with Crippen molar-refractivity contribution in [2.75, 3.05) is 0 Å². The van der Waals surface area contributed by atoms with Crippen LogP contribution in [0.25, 0.3) is 10.9 Å². The summed E-state index contributed by atoms with van der Waals surface area (Å²) in [7, 11) is 0. The van der Waals surface area contributed by atoms with Crippen molar-refractivity contribution in [3.8, 4) is 11.8 Å². The lowest BCUT2D eigenvalue weighted by atomic mass is 10.2. The van der Waals surface area contributed by atoms with Crippen LogP contribution in [0.1, 0.15) is 6.92 Å². The third-order valence-corrected chi connectivity index (χ3v) is 2.71. The SMILES string of the molecule is CC#CCn1cnc2ccc(Br)cc2c1=O. The van der Waals surface area contributed by atoms with Crippen LogP contribution in [0.3, 0.4) is 0 Å². The van der Waals surface area contributed by atoms with E-state index in [9.17, 15) is 4.79 Å². The van der Waals surface area contributed by atoms with Crippen molar-refractivity contribution in [3.63, 3.8) is 0 Å². The van der Waals surface area contributed by atoms with Gasteiger partial charge in [-0.25, -0.2) is 4.98 Å². The Kier molecular flexibility index (Phi) is 3.07. The van der Waals surface area contributed by atoms with Crippen LogP contribution < -0.4 is 5.56 Å². The molecule has 0 aliphatic rings. The van der Waals surface area contributed by atoms with Gasteiger partial charge in [-0.05, 0) is 25.1 Å². The summed E-state index contributed by atoms with van der Waals surface area (Å²) in [6, 6.07) is 5.46. The van der Waals surface area contributed by atoms with Crippen molar-refractivity contribution in [1.29, 1.82) is 0 Å². The van der Waals surface area contributed by atoms with E-state index in [-0.39, 0.29) is 5.56 Å². The van der Waals surface area contributed by atoms with Crippen LogP contribution in [0.2, 0.25) is 0 Å². The average Bonchev–Trinajstić information content (AvgIpc) is 2.29. The van der Waals surface area contributed by atoms with E-state index in [1.54, 1.807) is 13.0 Å². The summed E-state index contributed by atoms with van der Waals surface area (Å²) in [6.07, 6.45) is 1.53. The van der Waals surface area contributed by atoms with E-state index in [2.05, 4.69) is 32.8 Å². The summed E-state index contributed by atoms with van der Waals surface area (Å²) in [5, 5.41) is 0.606. The third kappa shape index (κ3) is 2.00. The molecule has 16 heavy (non-hydrogen) atoms. The van der Waals surface area contributed by atoms with Gasteiger partial charge in [-0.15, -0.1) is 5.92 Å². The number of halogens is 1. The second-order valence-electron chi connectivity index (χ2n) is 3.27. The van der Waals surface area contributed by atoms with E-state index < -0.39 is 0 Å². The molecule has 0 fully saturated rings. The number of nitrogens with zero attached hydrogens (tertiary/aromatic N) is 2. The number of hydrogen-bond acceptors (Lipinski definition) is 2. The van der Waals surface area contributed by atoms with Crippen molar-refractivity contribution in [3.05, 3.63) is 39.4 Å². The van der Waals surface area contributed by atoms with Crippen LogP contribution in [0.15, 0.2) is 33.8 Å². The summed E-state index contributed by atoms with van der Waals surface area (Å²) in [5.74, 6) is 5.60. The zero-order valence-corrected chi connectivity index (χ0v) is 10.3. The van der Waals surface area contributed by atoms with Crippen LogP contribution in [0.5, 0.6) is 0 Å². The summed E-state index contributed by atoms with van der Waals surface area (Å²) in [4.78, 5) is 16.2. The maximum absolute atomic E-state index is 12.0. The lowest BCUT2D eigenvalue weighted by Gasteiger charge is -2.02. The molecule has 80 valence electrons. The molecule has 0 radical (unpaired) electrons. The number of hydrogen-bond donors (Lipinski definition) is 0. The van der Waals surface area contributed by atoms with E-state index in [1.165, 1.54) is 10.9 Å². The molecule has 1 aromatic heterocycles. The van der Waals surface area contributed by atoms with Crippen LogP contribution in [-0.2, 0) is 6.54 Å². The topological polar surface area (TPSA) is 34.9 Å². The molecule has 0 saturated heterocycles. The third-order valence-electron chi connectivity index (χ3n) is 2.21. The van der Waals surface area contributed by atoms with Crippen molar-refractivity contribution < 1.29 is 0 Å². The fraction of sp³-hybridized carbons (Fsp3) is 0.167. The molecule has 4 heteroatoms. The molecule has 1 heterocycles. The summed E-state index contributed by atoms with van der Waals surface area (Å²) in [5.41, 5.74) is 0.642. The van der Waals surface area contributed by atoms with E-state index in [0.717, 1.165) is 4.47 Å². The first-order valence-electron chi connectivity index (χ1n) is 4.76. The number of aromatic nitrogens is 2. The first kappa shape index (κ1) is 10.9. The van der Waals surface area contributed by atoms with Crippen molar-refractivity contribution in [1.82, 2.24) is 9.55 Å². The fourth-order valence-electron chi connectivity index (χ4n) is 1.41. The van der Waals surface area contributed by atoms with E-state index in [1.807, 2.05) is 12.1 Å². The molecule has 0 aliphatic heterocycles. The molecule has 2 rings (SSSR count). The highest BCUT2D eigenvalue weighted by Crippen LogP contribution is 2.14. The summed E-state index contributed by atoms with van der Waals surface area (Å²) in [6.45, 7) is 2.13. The Morgan fingerprint density at radius 1 is 1.50 bits per heavy atom. The molecule has 0 atom stereocenters. The Morgan fingerprint density at radius 2 is 2.31 bits per heavy atom. The number of benzene rings is 1. The Balaban J connectivity index is 2.66. The summed E-state index contributed by atoms with van der Waals surface area (Å²) < 4.78 is 2.38. The van der Waals surface area contributed by atoms with Crippen molar-refractivity contribution in [2.45, 2.75) is 13.5 Å². The van der Waals surface area contributed by atoms with Gasteiger partial charge in [-0.2, -0.15) is 0 Å². The highest BCUT2D eigenvalue weighted by atomic mass is 79.9. The smallest absolute Gasteiger partial charge is 0.262 e. The van der Waals surface area contributed by atoms with Crippen LogP contribution in [-0.4, -0.2) is 9.55 Å². The van der Waals surface area contributed by atoms with Gasteiger partial charge in [0.15, 0.2) is 0 Å². The predicted octanol–water partition coefficient (Wildman–Crippen LogP) is 2.18. The first-order chi connectivity index (χ1) is 7.72. The molecule has 0 N–H and O–H groups in total. The van der Waals surface area contributed by atoms with Crippen LogP contribution in [0.4, 0.5) is 0 Å². The molecule has 0 bridgehead atoms. The maximum Gasteiger partial charge on any atom is 0.262 e. The second-order valence-corrected chi connectivity index (χ2v) is 4.18. The van der Waals surface area contributed by atoms with Crippen LogP contribution in [0, 0.1) is 11.8 Å². The predicted molar refractivity (Wildman–Crippen MR) is 67.2 cm³/mol. The van der Waals surface area contributed by atoms with E-state index in [4.69, 9.17) is 0 Å². The molecule has 3 nitrogen and oxygen atoms in total. The standard InChI is InChI=1S/C12H9BrN2O/c1-2-3-6-15-8-14-11-5-4-9(13)7-10(11)12(15)16/h4-5,7-8H,6H2,1H3. The van der Waals surface area contributed by atoms with Gasteiger partial charge >= 0.3 is 0 Å².